The lowest BCUT2D eigenvalue weighted by atomic mass is 9.99. The highest BCUT2D eigenvalue weighted by atomic mass is 19.4. The molecule has 3 amide bonds. The van der Waals surface area contributed by atoms with Gasteiger partial charge in [-0.2, -0.15) is 13.2 Å². The lowest BCUT2D eigenvalue weighted by Gasteiger charge is -2.20. The van der Waals surface area contributed by atoms with Crippen molar-refractivity contribution >= 4 is 22.7 Å². The zero-order valence-electron chi connectivity index (χ0n) is 16.9. The topological polar surface area (TPSA) is 92.6 Å². The summed E-state index contributed by atoms with van der Waals surface area (Å²) in [5.41, 5.74) is -3.52. The van der Waals surface area contributed by atoms with Gasteiger partial charge >= 0.3 is 12.2 Å². The Kier molecular flexibility index (Phi) is 5.16. The van der Waals surface area contributed by atoms with Crippen molar-refractivity contribution in [2.75, 3.05) is 7.11 Å². The maximum absolute atomic E-state index is 13.7. The molecule has 2 aromatic carbocycles. The van der Waals surface area contributed by atoms with Gasteiger partial charge in [0.1, 0.15) is 11.6 Å². The lowest BCUT2D eigenvalue weighted by Crippen LogP contribution is -2.49. The molecule has 0 bridgehead atoms. The number of nitrogens with zero attached hydrogens (tertiary/aromatic N) is 1. The number of carbonyl (C=O) groups excluding carboxylic acids is 2. The molecule has 7 nitrogen and oxygen atoms in total. The number of imide groups is 1. The van der Waals surface area contributed by atoms with Crippen LogP contribution in [0.4, 0.5) is 22.4 Å². The number of fused-ring (bicyclic) bond motifs is 1. The number of halogens is 4. The van der Waals surface area contributed by atoms with Gasteiger partial charge < -0.3 is 19.7 Å². The van der Waals surface area contributed by atoms with Crippen LogP contribution in [0.15, 0.2) is 42.6 Å². The molecule has 1 aromatic heterocycles. The molecule has 3 N–H and O–H groups in total. The molecule has 33 heavy (non-hydrogen) atoms. The van der Waals surface area contributed by atoms with Crippen molar-refractivity contribution in [2.24, 2.45) is 0 Å². The summed E-state index contributed by atoms with van der Waals surface area (Å²) in [6.45, 7) is -0.373. The summed E-state index contributed by atoms with van der Waals surface area (Å²) in [6, 6.07) is 5.75. The molecule has 1 atom stereocenters. The molecule has 1 saturated heterocycles. The van der Waals surface area contributed by atoms with E-state index in [1.165, 1.54) is 17.9 Å². The van der Waals surface area contributed by atoms with Gasteiger partial charge in [0.25, 0.3) is 5.91 Å². The number of benzene rings is 2. The van der Waals surface area contributed by atoms with Gasteiger partial charge in [-0.3, -0.25) is 10.1 Å². The number of amides is 3. The number of carbonyl (C=O) groups is 2. The molecule has 170 valence electrons. The number of rotatable bonds is 3. The molecular weight excluding hydrogens is 446 g/mol. The molecule has 0 saturated carbocycles. The Bertz CT molecular complexity index is 1350. The molecule has 3 aromatic rings. The standard InChI is InChI=1S/C22H15F4N3O4/c1-33-16-3-2-13-10-29(18(30)17(13)9-16)11-21(19(31)27-20(32)28-21)5-4-12-6-14(22(24,25)26)8-15(23)7-12/h2-3,6-10,30H,11H2,1H3,(H2,27,28,31,32)/t21-/m1/s1. The monoisotopic (exact) mass is 461 g/mol. The van der Waals surface area contributed by atoms with E-state index in [1.807, 2.05) is 5.32 Å². The first-order valence-electron chi connectivity index (χ1n) is 9.41. The average Bonchev–Trinajstić information content (AvgIpc) is 3.20. The maximum Gasteiger partial charge on any atom is 0.416 e. The van der Waals surface area contributed by atoms with Gasteiger partial charge in [0, 0.05) is 22.5 Å². The van der Waals surface area contributed by atoms with E-state index in [0.717, 1.165) is 6.07 Å². The quantitative estimate of drug-likeness (QED) is 0.318. The normalized spacial score (nSPS) is 18.0. The van der Waals surface area contributed by atoms with Gasteiger partial charge in [-0.25, -0.2) is 9.18 Å². The lowest BCUT2D eigenvalue weighted by molar-refractivity contribution is -0.137. The van der Waals surface area contributed by atoms with E-state index < -0.39 is 35.0 Å². The number of ether oxygens (including phenoxy) is 1. The third kappa shape index (κ3) is 4.15. The van der Waals surface area contributed by atoms with Crippen molar-refractivity contribution in [3.8, 4) is 23.5 Å². The first-order valence-corrected chi connectivity index (χ1v) is 9.41. The Morgan fingerprint density at radius 3 is 2.58 bits per heavy atom. The summed E-state index contributed by atoms with van der Waals surface area (Å²) in [7, 11) is 1.45. The number of hydrogen-bond acceptors (Lipinski definition) is 4. The van der Waals surface area contributed by atoms with Crippen LogP contribution < -0.4 is 15.4 Å². The average molecular weight is 461 g/mol. The van der Waals surface area contributed by atoms with Crippen molar-refractivity contribution < 1.29 is 37.0 Å². The predicted molar refractivity (Wildman–Crippen MR) is 108 cm³/mol. The molecule has 0 aliphatic carbocycles. The molecule has 2 heterocycles. The van der Waals surface area contributed by atoms with Gasteiger partial charge in [-0.05, 0) is 36.4 Å². The highest BCUT2D eigenvalue weighted by Crippen LogP contribution is 2.32. The Morgan fingerprint density at radius 1 is 1.18 bits per heavy atom. The number of nitrogens with one attached hydrogen (secondary N) is 2. The summed E-state index contributed by atoms with van der Waals surface area (Å²) in [5, 5.41) is 16.0. The van der Waals surface area contributed by atoms with Crippen LogP contribution in [0.5, 0.6) is 11.6 Å². The Hall–Kier alpha value is -4.20. The van der Waals surface area contributed by atoms with Crippen LogP contribution in [0.3, 0.4) is 0 Å². The molecule has 1 fully saturated rings. The first kappa shape index (κ1) is 22.0. The van der Waals surface area contributed by atoms with Crippen LogP contribution in [0, 0.1) is 17.7 Å². The fraction of sp³-hybridized carbons (Fsp3) is 0.182. The zero-order chi connectivity index (χ0) is 24.0. The van der Waals surface area contributed by atoms with Gasteiger partial charge in [0.05, 0.1) is 19.2 Å². The van der Waals surface area contributed by atoms with Crippen LogP contribution in [-0.4, -0.2) is 34.3 Å². The SMILES string of the molecule is COc1ccc2cn(C[C@@]3(C#Cc4cc(F)cc(C(F)(F)F)c4)NC(=O)NC3=O)c(O)c2c1. The van der Waals surface area contributed by atoms with Gasteiger partial charge in [-0.1, -0.05) is 11.8 Å². The van der Waals surface area contributed by atoms with Crippen LogP contribution in [-0.2, 0) is 17.5 Å². The minimum absolute atomic E-state index is 0.246. The van der Waals surface area contributed by atoms with Crippen LogP contribution >= 0.6 is 0 Å². The minimum atomic E-state index is -4.80. The molecule has 0 radical (unpaired) electrons. The zero-order valence-corrected chi connectivity index (χ0v) is 16.9. The van der Waals surface area contributed by atoms with Crippen molar-refractivity contribution in [1.29, 1.82) is 0 Å². The largest absolute Gasteiger partial charge is 0.497 e. The van der Waals surface area contributed by atoms with E-state index >= 15 is 0 Å². The van der Waals surface area contributed by atoms with E-state index in [-0.39, 0.29) is 18.0 Å². The molecule has 0 unspecified atom stereocenters. The second kappa shape index (κ2) is 7.74. The smallest absolute Gasteiger partial charge is 0.416 e. The van der Waals surface area contributed by atoms with E-state index in [2.05, 4.69) is 17.2 Å². The number of alkyl halides is 3. The highest BCUT2D eigenvalue weighted by molar-refractivity contribution is 6.09. The predicted octanol–water partition coefficient (Wildman–Crippen LogP) is 3.14. The molecule has 1 aliphatic heterocycles. The summed E-state index contributed by atoms with van der Waals surface area (Å²) in [5.74, 6) is 2.99. The maximum atomic E-state index is 13.7. The summed E-state index contributed by atoms with van der Waals surface area (Å²) in [4.78, 5) is 24.4. The van der Waals surface area contributed by atoms with Crippen LogP contribution in [0.1, 0.15) is 11.1 Å². The van der Waals surface area contributed by atoms with Crippen molar-refractivity contribution in [2.45, 2.75) is 18.3 Å². The number of aromatic nitrogens is 1. The molecule has 0 spiro atoms. The Labute approximate surface area is 183 Å². The first-order chi connectivity index (χ1) is 15.5. The van der Waals surface area contributed by atoms with E-state index in [4.69, 9.17) is 4.74 Å². The summed E-state index contributed by atoms with van der Waals surface area (Å²) < 4.78 is 59.1. The van der Waals surface area contributed by atoms with Crippen LogP contribution in [0.25, 0.3) is 10.8 Å². The third-order valence-corrected chi connectivity index (χ3v) is 5.06. The van der Waals surface area contributed by atoms with E-state index in [1.54, 1.807) is 18.2 Å². The second-order valence-corrected chi connectivity index (χ2v) is 7.32. The summed E-state index contributed by atoms with van der Waals surface area (Å²) in [6.07, 6.45) is -3.29. The van der Waals surface area contributed by atoms with E-state index in [0.29, 0.717) is 28.7 Å². The number of aromatic hydroxyl groups is 1. The Balaban J connectivity index is 1.77. The van der Waals surface area contributed by atoms with Crippen LogP contribution in [0.2, 0.25) is 0 Å². The fourth-order valence-electron chi connectivity index (χ4n) is 3.46. The number of urea groups is 1. The van der Waals surface area contributed by atoms with Gasteiger partial charge in [0.2, 0.25) is 5.54 Å². The molecule has 1 aliphatic rings. The third-order valence-electron chi connectivity index (χ3n) is 5.06. The Morgan fingerprint density at radius 2 is 1.94 bits per heavy atom. The second-order valence-electron chi connectivity index (χ2n) is 7.32. The molecule has 4 rings (SSSR count). The minimum Gasteiger partial charge on any atom is -0.497 e. The molecular formula is C22H15F4N3O4. The number of hydrogen-bond donors (Lipinski definition) is 3. The van der Waals surface area contributed by atoms with Crippen molar-refractivity contribution in [3.05, 3.63) is 59.5 Å². The number of methoxy groups -OCH3 is 1. The van der Waals surface area contributed by atoms with E-state index in [9.17, 15) is 32.3 Å². The highest BCUT2D eigenvalue weighted by Gasteiger charge is 2.46. The van der Waals surface area contributed by atoms with Gasteiger partial charge in [-0.15, -0.1) is 0 Å². The summed E-state index contributed by atoms with van der Waals surface area (Å²) >= 11 is 0. The van der Waals surface area contributed by atoms with Crippen molar-refractivity contribution in [3.63, 3.8) is 0 Å². The molecule has 11 heteroatoms. The van der Waals surface area contributed by atoms with Gasteiger partial charge in [0.15, 0.2) is 5.88 Å². The van der Waals surface area contributed by atoms with Crippen molar-refractivity contribution in [1.82, 2.24) is 15.2 Å². The fourth-order valence-corrected chi connectivity index (χ4v) is 3.46.